The SMILES string of the molecule is Cn1nc(I)c2ccc(OCc3ccc(CNCCCCOc4ccc([C@H]5c6ccc(O)cc6CC[C@H]5c5ccccc5)cc4)cc3)cc21. The Morgan fingerprint density at radius 1 is 0.816 bits per heavy atom. The summed E-state index contributed by atoms with van der Waals surface area (Å²) in [5, 5.41) is 19.3. The number of aromatic nitrogens is 2. The number of hydrogen-bond donors (Lipinski definition) is 2. The highest BCUT2D eigenvalue weighted by molar-refractivity contribution is 14.1. The van der Waals surface area contributed by atoms with E-state index in [9.17, 15) is 5.11 Å². The highest BCUT2D eigenvalue weighted by Gasteiger charge is 2.32. The van der Waals surface area contributed by atoms with Gasteiger partial charge in [-0.15, -0.1) is 0 Å². The average Bonchev–Trinajstić information content (AvgIpc) is 3.42. The van der Waals surface area contributed by atoms with Gasteiger partial charge in [0.2, 0.25) is 0 Å². The van der Waals surface area contributed by atoms with Crippen LogP contribution in [-0.4, -0.2) is 28.0 Å². The van der Waals surface area contributed by atoms with Gasteiger partial charge in [-0.25, -0.2) is 0 Å². The first-order chi connectivity index (χ1) is 24.0. The van der Waals surface area contributed by atoms with Crippen LogP contribution >= 0.6 is 22.6 Å². The number of phenolic OH excluding ortho intramolecular Hbond substituents is 1. The minimum atomic E-state index is 0.244. The number of ether oxygens (including phenoxy) is 2. The Balaban J connectivity index is 0.842. The van der Waals surface area contributed by atoms with Crippen LogP contribution in [0.3, 0.4) is 0 Å². The van der Waals surface area contributed by atoms with E-state index in [1.54, 1.807) is 0 Å². The van der Waals surface area contributed by atoms with E-state index in [4.69, 9.17) is 9.47 Å². The molecule has 49 heavy (non-hydrogen) atoms. The summed E-state index contributed by atoms with van der Waals surface area (Å²) in [5.41, 5.74) is 8.70. The molecule has 0 bridgehead atoms. The first kappa shape index (κ1) is 33.2. The molecular weight excluding hydrogens is 721 g/mol. The van der Waals surface area contributed by atoms with Crippen molar-refractivity contribution >= 4 is 33.5 Å². The Kier molecular flexibility index (Phi) is 10.5. The summed E-state index contributed by atoms with van der Waals surface area (Å²) in [6, 6.07) is 40.1. The third-order valence-electron chi connectivity index (χ3n) is 9.61. The summed E-state index contributed by atoms with van der Waals surface area (Å²) in [6.07, 6.45) is 4.07. The second kappa shape index (κ2) is 15.5. The number of benzene rings is 5. The van der Waals surface area contributed by atoms with E-state index >= 15 is 0 Å². The van der Waals surface area contributed by atoms with Gasteiger partial charge in [0, 0.05) is 31.0 Å². The summed E-state index contributed by atoms with van der Waals surface area (Å²) >= 11 is 2.26. The van der Waals surface area contributed by atoms with Crippen LogP contribution in [0.25, 0.3) is 10.9 Å². The quantitative estimate of drug-likeness (QED) is 0.0908. The standard InChI is InChI=1S/C42H42IN3O3/c1-46-40-26-36(19-22-39(40)42(43)45-46)49-28-30-11-9-29(10-12-30)27-44-23-5-6-24-48-35-17-13-32(14-18-35)41-37(31-7-3-2-4-8-31)20-15-33-25-34(47)16-21-38(33)41/h2-4,7-14,16-19,21-22,25-26,37,41,44,47H,5-6,15,20,23-24,27-28H2,1H3/t37-,41+/m0/s1. The van der Waals surface area contributed by atoms with Crippen molar-refractivity contribution in [2.24, 2.45) is 7.05 Å². The van der Waals surface area contributed by atoms with Crippen molar-refractivity contribution in [3.05, 3.63) is 152 Å². The van der Waals surface area contributed by atoms with E-state index < -0.39 is 0 Å². The van der Waals surface area contributed by atoms with Gasteiger partial charge in [0.15, 0.2) is 0 Å². The zero-order chi connectivity index (χ0) is 33.6. The number of unbranched alkanes of at least 4 members (excludes halogenated alkanes) is 1. The van der Waals surface area contributed by atoms with E-state index in [0.717, 1.165) is 70.4 Å². The number of fused-ring (bicyclic) bond motifs is 2. The Morgan fingerprint density at radius 3 is 2.41 bits per heavy atom. The minimum Gasteiger partial charge on any atom is -0.508 e. The van der Waals surface area contributed by atoms with Crippen molar-refractivity contribution in [1.29, 1.82) is 0 Å². The lowest BCUT2D eigenvalue weighted by atomic mass is 9.69. The van der Waals surface area contributed by atoms with Crippen molar-refractivity contribution in [1.82, 2.24) is 15.1 Å². The number of aryl methyl sites for hydroxylation is 2. The number of nitrogens with zero attached hydrogens (tertiary/aromatic N) is 2. The van der Waals surface area contributed by atoms with Crippen molar-refractivity contribution < 1.29 is 14.6 Å². The van der Waals surface area contributed by atoms with Gasteiger partial charge in [-0.2, -0.15) is 5.10 Å². The topological polar surface area (TPSA) is 68.5 Å². The third kappa shape index (κ3) is 7.94. The van der Waals surface area contributed by atoms with Crippen molar-refractivity contribution in [2.75, 3.05) is 13.2 Å². The molecule has 0 saturated carbocycles. The van der Waals surface area contributed by atoms with Gasteiger partial charge in [0.05, 0.1) is 12.1 Å². The van der Waals surface area contributed by atoms with Crippen LogP contribution in [0.15, 0.2) is 115 Å². The maximum absolute atomic E-state index is 10.1. The average molecular weight is 764 g/mol. The number of hydrogen-bond acceptors (Lipinski definition) is 5. The van der Waals surface area contributed by atoms with Crippen LogP contribution in [0.2, 0.25) is 0 Å². The smallest absolute Gasteiger partial charge is 0.131 e. The molecule has 250 valence electrons. The molecule has 1 aliphatic carbocycles. The summed E-state index contributed by atoms with van der Waals surface area (Å²) < 4.78 is 15.1. The van der Waals surface area contributed by atoms with Gasteiger partial charge in [0.25, 0.3) is 0 Å². The van der Waals surface area contributed by atoms with E-state index in [1.807, 2.05) is 29.9 Å². The Morgan fingerprint density at radius 2 is 1.59 bits per heavy atom. The van der Waals surface area contributed by atoms with Crippen LogP contribution in [0.5, 0.6) is 17.2 Å². The van der Waals surface area contributed by atoms with E-state index in [0.29, 0.717) is 24.9 Å². The fourth-order valence-corrected chi connectivity index (χ4v) is 7.81. The molecule has 6 nitrogen and oxygen atoms in total. The predicted molar refractivity (Wildman–Crippen MR) is 205 cm³/mol. The summed E-state index contributed by atoms with van der Waals surface area (Å²) in [4.78, 5) is 0. The van der Waals surface area contributed by atoms with Gasteiger partial charge in [0.1, 0.15) is 27.6 Å². The van der Waals surface area contributed by atoms with Crippen LogP contribution in [0.1, 0.15) is 64.5 Å². The first-order valence-electron chi connectivity index (χ1n) is 17.1. The highest BCUT2D eigenvalue weighted by atomic mass is 127. The zero-order valence-corrected chi connectivity index (χ0v) is 30.0. The second-order valence-electron chi connectivity index (χ2n) is 12.9. The van der Waals surface area contributed by atoms with Crippen molar-refractivity contribution in [3.8, 4) is 17.2 Å². The molecule has 0 aliphatic heterocycles. The summed E-state index contributed by atoms with van der Waals surface area (Å²) in [5.74, 6) is 2.74. The lowest BCUT2D eigenvalue weighted by Crippen LogP contribution is -2.20. The predicted octanol–water partition coefficient (Wildman–Crippen LogP) is 9.27. The molecule has 1 aliphatic rings. The maximum Gasteiger partial charge on any atom is 0.131 e. The maximum atomic E-state index is 10.1. The number of phenols is 1. The molecule has 2 N–H and O–H groups in total. The molecular formula is C42H42IN3O3. The molecule has 5 aromatic carbocycles. The molecule has 0 amide bonds. The summed E-state index contributed by atoms with van der Waals surface area (Å²) in [6.45, 7) is 3.01. The number of rotatable bonds is 13. The molecule has 0 unspecified atom stereocenters. The van der Waals surface area contributed by atoms with Crippen LogP contribution in [0, 0.1) is 3.70 Å². The van der Waals surface area contributed by atoms with Crippen LogP contribution in [-0.2, 0) is 26.6 Å². The number of nitrogens with one attached hydrogen (secondary N) is 1. The lowest BCUT2D eigenvalue weighted by molar-refractivity contribution is 0.305. The van der Waals surface area contributed by atoms with E-state index in [1.165, 1.54) is 27.8 Å². The lowest BCUT2D eigenvalue weighted by Gasteiger charge is -2.34. The number of aromatic hydroxyl groups is 1. The van der Waals surface area contributed by atoms with Crippen molar-refractivity contribution in [2.45, 2.75) is 50.7 Å². The van der Waals surface area contributed by atoms with Gasteiger partial charge in [-0.05, 0) is 131 Å². The van der Waals surface area contributed by atoms with Gasteiger partial charge >= 0.3 is 0 Å². The molecule has 7 heteroatoms. The first-order valence-corrected chi connectivity index (χ1v) is 18.2. The van der Waals surface area contributed by atoms with Crippen LogP contribution in [0.4, 0.5) is 0 Å². The fraction of sp³-hybridized carbons (Fsp3) is 0.262. The number of halogens is 1. The largest absolute Gasteiger partial charge is 0.508 e. The van der Waals surface area contributed by atoms with E-state index in [-0.39, 0.29) is 5.92 Å². The molecule has 0 spiro atoms. The van der Waals surface area contributed by atoms with Crippen molar-refractivity contribution in [3.63, 3.8) is 0 Å². The van der Waals surface area contributed by atoms with Gasteiger partial charge in [-0.1, -0.05) is 72.8 Å². The van der Waals surface area contributed by atoms with Gasteiger partial charge < -0.3 is 19.9 Å². The minimum absolute atomic E-state index is 0.244. The third-order valence-corrected chi connectivity index (χ3v) is 10.4. The molecule has 2 atom stereocenters. The Hall–Kier alpha value is -4.34. The normalized spacial score (nSPS) is 15.6. The monoisotopic (exact) mass is 763 g/mol. The molecule has 7 rings (SSSR count). The summed E-state index contributed by atoms with van der Waals surface area (Å²) in [7, 11) is 1.96. The molecule has 0 saturated heterocycles. The van der Waals surface area contributed by atoms with Gasteiger partial charge in [-0.3, -0.25) is 4.68 Å². The van der Waals surface area contributed by atoms with E-state index in [2.05, 4.69) is 130 Å². The Bertz CT molecular complexity index is 1990. The zero-order valence-electron chi connectivity index (χ0n) is 27.8. The molecule has 6 aromatic rings. The second-order valence-corrected chi connectivity index (χ2v) is 13.9. The Labute approximate surface area is 302 Å². The molecule has 0 fully saturated rings. The molecule has 0 radical (unpaired) electrons. The van der Waals surface area contributed by atoms with Crippen LogP contribution < -0.4 is 14.8 Å². The molecule has 1 aromatic heterocycles. The molecule has 1 heterocycles. The fourth-order valence-electron chi connectivity index (χ4n) is 7.03. The highest BCUT2D eigenvalue weighted by Crippen LogP contribution is 2.47.